The van der Waals surface area contributed by atoms with E-state index in [-0.39, 0.29) is 0 Å². The van der Waals surface area contributed by atoms with Crippen molar-refractivity contribution < 1.29 is 9.90 Å². The molecule has 4 heteroatoms. The Morgan fingerprint density at radius 2 is 1.60 bits per heavy atom. The SMILES string of the molecule is CC(N)C(=O)O.CN(C)C. The van der Waals surface area contributed by atoms with E-state index in [2.05, 4.69) is 0 Å². The fourth-order valence-electron chi connectivity index (χ4n) is 0. The summed E-state index contributed by atoms with van der Waals surface area (Å²) in [4.78, 5) is 11.6. The molecule has 0 fully saturated rings. The third-order valence-corrected chi connectivity index (χ3v) is 0.390. The minimum Gasteiger partial charge on any atom is -0.480 e. The number of carboxylic acids is 1. The van der Waals surface area contributed by atoms with Crippen molar-refractivity contribution in [1.29, 1.82) is 0 Å². The third-order valence-electron chi connectivity index (χ3n) is 0.390. The van der Waals surface area contributed by atoms with Crippen molar-refractivity contribution in [3.63, 3.8) is 0 Å². The van der Waals surface area contributed by atoms with Crippen LogP contribution in [-0.2, 0) is 4.79 Å². The zero-order chi connectivity index (χ0) is 8.73. The van der Waals surface area contributed by atoms with Crippen LogP contribution in [0.2, 0.25) is 0 Å². The number of hydrogen-bond acceptors (Lipinski definition) is 3. The van der Waals surface area contributed by atoms with Gasteiger partial charge in [-0.05, 0) is 28.1 Å². The number of nitrogens with zero attached hydrogens (tertiary/aromatic N) is 1. The summed E-state index contributed by atoms with van der Waals surface area (Å²) in [7, 11) is 6.00. The van der Waals surface area contributed by atoms with Gasteiger partial charge in [0.25, 0.3) is 0 Å². The van der Waals surface area contributed by atoms with Crippen LogP contribution in [0.25, 0.3) is 0 Å². The lowest BCUT2D eigenvalue weighted by Gasteiger charge is -1.90. The predicted octanol–water partition coefficient (Wildman–Crippen LogP) is -0.404. The molecule has 0 aliphatic carbocycles. The zero-order valence-corrected chi connectivity index (χ0v) is 6.96. The zero-order valence-electron chi connectivity index (χ0n) is 6.96. The second kappa shape index (κ2) is 6.51. The minimum absolute atomic E-state index is 0.731. The molecular weight excluding hydrogens is 132 g/mol. The van der Waals surface area contributed by atoms with Crippen molar-refractivity contribution in [2.75, 3.05) is 21.1 Å². The fraction of sp³-hybridized carbons (Fsp3) is 0.833. The Bertz CT molecular complexity index is 89.0. The molecule has 0 aromatic heterocycles. The predicted molar refractivity (Wildman–Crippen MR) is 40.9 cm³/mol. The Balaban J connectivity index is 0. The highest BCUT2D eigenvalue weighted by Crippen LogP contribution is 1.68. The summed E-state index contributed by atoms with van der Waals surface area (Å²) in [5.74, 6) is -0.963. The molecule has 10 heavy (non-hydrogen) atoms. The third kappa shape index (κ3) is 26.3. The molecule has 0 aromatic rings. The smallest absolute Gasteiger partial charge is 0.320 e. The molecule has 0 spiro atoms. The van der Waals surface area contributed by atoms with Crippen LogP contribution < -0.4 is 5.73 Å². The molecule has 0 heterocycles. The number of aliphatic carboxylic acids is 1. The van der Waals surface area contributed by atoms with Crippen LogP contribution in [0.4, 0.5) is 0 Å². The van der Waals surface area contributed by atoms with Gasteiger partial charge in [-0.15, -0.1) is 0 Å². The summed E-state index contributed by atoms with van der Waals surface area (Å²) in [6.07, 6.45) is 0. The Kier molecular flexibility index (Phi) is 7.88. The molecule has 0 saturated carbocycles. The van der Waals surface area contributed by atoms with Crippen LogP contribution in [0.5, 0.6) is 0 Å². The first kappa shape index (κ1) is 12.1. The van der Waals surface area contributed by atoms with Crippen LogP contribution in [0.1, 0.15) is 6.92 Å². The molecule has 1 unspecified atom stereocenters. The van der Waals surface area contributed by atoms with Gasteiger partial charge in [0.1, 0.15) is 6.04 Å². The topological polar surface area (TPSA) is 66.6 Å². The molecule has 0 amide bonds. The van der Waals surface area contributed by atoms with Gasteiger partial charge in [0.05, 0.1) is 0 Å². The van der Waals surface area contributed by atoms with Crippen LogP contribution >= 0.6 is 0 Å². The molecule has 0 aromatic carbocycles. The van der Waals surface area contributed by atoms with Gasteiger partial charge in [-0.3, -0.25) is 4.79 Å². The van der Waals surface area contributed by atoms with Gasteiger partial charge in [-0.2, -0.15) is 0 Å². The molecule has 62 valence electrons. The number of nitrogens with two attached hydrogens (primary N) is 1. The minimum atomic E-state index is -0.963. The van der Waals surface area contributed by atoms with Crippen molar-refractivity contribution in [1.82, 2.24) is 4.90 Å². The van der Waals surface area contributed by atoms with Crippen molar-refractivity contribution >= 4 is 5.97 Å². The van der Waals surface area contributed by atoms with Crippen LogP contribution in [0.15, 0.2) is 0 Å². The summed E-state index contributed by atoms with van der Waals surface area (Å²) in [6, 6.07) is -0.731. The Morgan fingerprint density at radius 1 is 1.50 bits per heavy atom. The highest BCUT2D eigenvalue weighted by atomic mass is 16.4. The van der Waals surface area contributed by atoms with E-state index in [1.807, 2.05) is 26.0 Å². The van der Waals surface area contributed by atoms with E-state index in [1.54, 1.807) is 0 Å². The first-order valence-corrected chi connectivity index (χ1v) is 2.97. The molecular formula is C6H16N2O2. The Labute approximate surface area is 61.6 Å². The first-order valence-electron chi connectivity index (χ1n) is 2.97. The molecule has 0 rings (SSSR count). The van der Waals surface area contributed by atoms with Crippen molar-refractivity contribution in [3.05, 3.63) is 0 Å². The average Bonchev–Trinajstić information content (AvgIpc) is 1.63. The average molecular weight is 148 g/mol. The lowest BCUT2D eigenvalue weighted by Crippen LogP contribution is -2.25. The Hall–Kier alpha value is -0.610. The van der Waals surface area contributed by atoms with E-state index in [9.17, 15) is 4.79 Å². The normalized spacial score (nSPS) is 11.8. The second-order valence-corrected chi connectivity index (χ2v) is 2.47. The molecule has 0 aliphatic rings. The quantitative estimate of drug-likeness (QED) is 0.531. The molecule has 1 atom stereocenters. The van der Waals surface area contributed by atoms with Gasteiger partial charge < -0.3 is 15.7 Å². The maximum atomic E-state index is 9.57. The van der Waals surface area contributed by atoms with Gasteiger partial charge in [0, 0.05) is 0 Å². The number of rotatable bonds is 1. The van der Waals surface area contributed by atoms with E-state index in [0.29, 0.717) is 0 Å². The molecule has 0 bridgehead atoms. The van der Waals surface area contributed by atoms with E-state index in [1.165, 1.54) is 6.92 Å². The number of carboxylic acid groups (broad SMARTS) is 1. The summed E-state index contributed by atoms with van der Waals surface area (Å²) in [5, 5.41) is 7.87. The summed E-state index contributed by atoms with van der Waals surface area (Å²) >= 11 is 0. The molecule has 0 saturated heterocycles. The number of hydrogen-bond donors (Lipinski definition) is 2. The second-order valence-electron chi connectivity index (χ2n) is 2.47. The largest absolute Gasteiger partial charge is 0.480 e. The van der Waals surface area contributed by atoms with Gasteiger partial charge in [0.15, 0.2) is 0 Å². The summed E-state index contributed by atoms with van der Waals surface area (Å²) in [6.45, 7) is 1.42. The highest BCUT2D eigenvalue weighted by Gasteiger charge is 1.99. The summed E-state index contributed by atoms with van der Waals surface area (Å²) in [5.41, 5.74) is 4.84. The van der Waals surface area contributed by atoms with Crippen molar-refractivity contribution in [2.24, 2.45) is 5.73 Å². The maximum absolute atomic E-state index is 9.57. The maximum Gasteiger partial charge on any atom is 0.320 e. The standard InChI is InChI=1S/C3H7NO2.C3H9N/c1-2(4)3(5)6;1-4(2)3/h2H,4H2,1H3,(H,5,6);1-3H3. The van der Waals surface area contributed by atoms with Gasteiger partial charge in [0.2, 0.25) is 0 Å². The van der Waals surface area contributed by atoms with Crippen molar-refractivity contribution in [2.45, 2.75) is 13.0 Å². The molecule has 0 radical (unpaired) electrons. The molecule has 3 N–H and O–H groups in total. The van der Waals surface area contributed by atoms with Gasteiger partial charge in [-0.25, -0.2) is 0 Å². The fourth-order valence-corrected chi connectivity index (χ4v) is 0. The van der Waals surface area contributed by atoms with Gasteiger partial charge in [-0.1, -0.05) is 0 Å². The van der Waals surface area contributed by atoms with E-state index in [4.69, 9.17) is 10.8 Å². The number of carbonyl (C=O) groups is 1. The van der Waals surface area contributed by atoms with E-state index >= 15 is 0 Å². The van der Waals surface area contributed by atoms with Crippen LogP contribution in [0, 0.1) is 0 Å². The lowest BCUT2D eigenvalue weighted by atomic mass is 10.4. The molecule has 4 nitrogen and oxygen atoms in total. The van der Waals surface area contributed by atoms with E-state index in [0.717, 1.165) is 0 Å². The van der Waals surface area contributed by atoms with E-state index < -0.39 is 12.0 Å². The summed E-state index contributed by atoms with van der Waals surface area (Å²) < 4.78 is 0. The highest BCUT2D eigenvalue weighted by molar-refractivity contribution is 5.72. The monoisotopic (exact) mass is 148 g/mol. The Morgan fingerprint density at radius 3 is 1.60 bits per heavy atom. The lowest BCUT2D eigenvalue weighted by molar-refractivity contribution is -0.138. The van der Waals surface area contributed by atoms with Crippen molar-refractivity contribution in [3.8, 4) is 0 Å². The van der Waals surface area contributed by atoms with Crippen LogP contribution in [0.3, 0.4) is 0 Å². The van der Waals surface area contributed by atoms with Crippen LogP contribution in [-0.4, -0.2) is 43.2 Å². The molecule has 0 aliphatic heterocycles. The first-order chi connectivity index (χ1) is 4.37. The van der Waals surface area contributed by atoms with Gasteiger partial charge >= 0.3 is 5.97 Å².